The number of hydrogen-bond donors (Lipinski definition) is 1. The standard InChI is InChI=1S/C10H14N2O3/c1-4-11-8(13)5-12-9(14)6(2)7(3)10(12)15/h4-5H2,1-3H3,(H,11,13). The van der Waals surface area contributed by atoms with E-state index in [0.29, 0.717) is 17.7 Å². The van der Waals surface area contributed by atoms with E-state index in [1.54, 1.807) is 20.8 Å². The Kier molecular flexibility index (Phi) is 3.24. The molecule has 0 unspecified atom stereocenters. The topological polar surface area (TPSA) is 66.5 Å². The number of nitrogens with zero attached hydrogens (tertiary/aromatic N) is 1. The second kappa shape index (κ2) is 4.25. The average Bonchev–Trinajstić information content (AvgIpc) is 2.36. The van der Waals surface area contributed by atoms with Crippen LogP contribution in [0, 0.1) is 0 Å². The van der Waals surface area contributed by atoms with Gasteiger partial charge in [0.05, 0.1) is 0 Å². The number of nitrogens with one attached hydrogen (secondary N) is 1. The fourth-order valence-electron chi connectivity index (χ4n) is 1.36. The Hall–Kier alpha value is -1.65. The maximum atomic E-state index is 11.5. The van der Waals surface area contributed by atoms with E-state index < -0.39 is 0 Å². The van der Waals surface area contributed by atoms with Crippen molar-refractivity contribution in [3.8, 4) is 0 Å². The third-order valence-electron chi connectivity index (χ3n) is 2.37. The SMILES string of the molecule is CCNC(=O)CN1C(=O)C(C)=C(C)C1=O. The average molecular weight is 210 g/mol. The molecule has 0 bridgehead atoms. The molecule has 0 spiro atoms. The predicted molar refractivity (Wildman–Crippen MR) is 53.8 cm³/mol. The Bertz CT molecular complexity index is 334. The molecule has 0 aromatic carbocycles. The smallest absolute Gasteiger partial charge is 0.257 e. The minimum absolute atomic E-state index is 0.194. The molecule has 1 rings (SSSR count). The monoisotopic (exact) mass is 210 g/mol. The van der Waals surface area contributed by atoms with Gasteiger partial charge in [0.2, 0.25) is 5.91 Å². The lowest BCUT2D eigenvalue weighted by Crippen LogP contribution is -2.41. The quantitative estimate of drug-likeness (QED) is 0.657. The van der Waals surface area contributed by atoms with E-state index in [1.165, 1.54) is 0 Å². The number of imide groups is 1. The maximum Gasteiger partial charge on any atom is 0.257 e. The molecule has 0 aliphatic carbocycles. The lowest BCUT2D eigenvalue weighted by Gasteiger charge is -2.13. The number of likely N-dealkylation sites (N-methyl/N-ethyl adjacent to an activating group) is 1. The summed E-state index contributed by atoms with van der Waals surface area (Å²) in [6.07, 6.45) is 0. The molecule has 5 heteroatoms. The van der Waals surface area contributed by atoms with Crippen LogP contribution >= 0.6 is 0 Å². The van der Waals surface area contributed by atoms with E-state index >= 15 is 0 Å². The summed E-state index contributed by atoms with van der Waals surface area (Å²) in [5.41, 5.74) is 0.841. The molecule has 82 valence electrons. The van der Waals surface area contributed by atoms with Crippen LogP contribution in [0.1, 0.15) is 20.8 Å². The Morgan fingerprint density at radius 1 is 1.20 bits per heavy atom. The molecule has 0 fully saturated rings. The van der Waals surface area contributed by atoms with E-state index in [-0.39, 0.29) is 24.3 Å². The molecule has 1 heterocycles. The molecule has 1 N–H and O–H groups in total. The van der Waals surface area contributed by atoms with Gasteiger partial charge in [-0.1, -0.05) is 0 Å². The zero-order valence-corrected chi connectivity index (χ0v) is 9.09. The number of hydrogen-bond acceptors (Lipinski definition) is 3. The summed E-state index contributed by atoms with van der Waals surface area (Å²) in [7, 11) is 0. The van der Waals surface area contributed by atoms with E-state index in [4.69, 9.17) is 0 Å². The molecular weight excluding hydrogens is 196 g/mol. The molecule has 15 heavy (non-hydrogen) atoms. The summed E-state index contributed by atoms with van der Waals surface area (Å²) in [5.74, 6) is -1.06. The van der Waals surface area contributed by atoms with Crippen LogP contribution in [-0.2, 0) is 14.4 Å². The molecule has 0 saturated heterocycles. The molecule has 1 aliphatic rings. The summed E-state index contributed by atoms with van der Waals surface area (Å²) >= 11 is 0. The highest BCUT2D eigenvalue weighted by atomic mass is 16.2. The van der Waals surface area contributed by atoms with Crippen molar-refractivity contribution in [1.82, 2.24) is 10.2 Å². The van der Waals surface area contributed by atoms with Gasteiger partial charge in [-0.15, -0.1) is 0 Å². The third kappa shape index (κ3) is 2.06. The fraction of sp³-hybridized carbons (Fsp3) is 0.500. The van der Waals surface area contributed by atoms with Crippen molar-refractivity contribution in [2.45, 2.75) is 20.8 Å². The van der Waals surface area contributed by atoms with Crippen molar-refractivity contribution >= 4 is 17.7 Å². The van der Waals surface area contributed by atoms with Crippen molar-refractivity contribution in [2.75, 3.05) is 13.1 Å². The van der Waals surface area contributed by atoms with Crippen LogP contribution in [-0.4, -0.2) is 35.7 Å². The summed E-state index contributed by atoms with van der Waals surface area (Å²) in [6, 6.07) is 0. The largest absolute Gasteiger partial charge is 0.355 e. The normalized spacial score (nSPS) is 16.3. The minimum atomic E-state index is -0.372. The van der Waals surface area contributed by atoms with Gasteiger partial charge < -0.3 is 5.32 Å². The predicted octanol–water partition coefficient (Wildman–Crippen LogP) is -0.172. The minimum Gasteiger partial charge on any atom is -0.355 e. The van der Waals surface area contributed by atoms with Crippen LogP contribution in [0.25, 0.3) is 0 Å². The van der Waals surface area contributed by atoms with Gasteiger partial charge in [0.25, 0.3) is 11.8 Å². The molecule has 0 atom stereocenters. The molecule has 0 aromatic rings. The zero-order valence-electron chi connectivity index (χ0n) is 9.09. The Morgan fingerprint density at radius 2 is 1.67 bits per heavy atom. The molecule has 5 nitrogen and oxygen atoms in total. The first-order valence-corrected chi connectivity index (χ1v) is 4.79. The Morgan fingerprint density at radius 3 is 2.07 bits per heavy atom. The fourth-order valence-corrected chi connectivity index (χ4v) is 1.36. The highest BCUT2D eigenvalue weighted by Gasteiger charge is 2.34. The van der Waals surface area contributed by atoms with Crippen LogP contribution in [0.4, 0.5) is 0 Å². The number of amides is 3. The highest BCUT2D eigenvalue weighted by molar-refractivity contribution is 6.19. The van der Waals surface area contributed by atoms with Crippen LogP contribution in [0.3, 0.4) is 0 Å². The van der Waals surface area contributed by atoms with E-state index in [2.05, 4.69) is 5.32 Å². The summed E-state index contributed by atoms with van der Waals surface area (Å²) in [5, 5.41) is 2.54. The molecule has 1 aliphatic heterocycles. The van der Waals surface area contributed by atoms with Crippen molar-refractivity contribution in [3.63, 3.8) is 0 Å². The van der Waals surface area contributed by atoms with Crippen LogP contribution in [0.5, 0.6) is 0 Å². The van der Waals surface area contributed by atoms with E-state index in [9.17, 15) is 14.4 Å². The van der Waals surface area contributed by atoms with E-state index in [1.807, 2.05) is 0 Å². The van der Waals surface area contributed by atoms with Crippen LogP contribution < -0.4 is 5.32 Å². The number of rotatable bonds is 3. The van der Waals surface area contributed by atoms with Gasteiger partial charge in [0.1, 0.15) is 6.54 Å². The highest BCUT2D eigenvalue weighted by Crippen LogP contribution is 2.18. The van der Waals surface area contributed by atoms with Crippen LogP contribution in [0.2, 0.25) is 0 Å². The molecule has 0 aromatic heterocycles. The lowest BCUT2D eigenvalue weighted by atomic mass is 10.2. The second-order valence-electron chi connectivity index (χ2n) is 3.40. The summed E-state index contributed by atoms with van der Waals surface area (Å²) in [6.45, 7) is 5.25. The first-order chi connectivity index (χ1) is 6.99. The molecule has 0 radical (unpaired) electrons. The van der Waals surface area contributed by atoms with Gasteiger partial charge in [0, 0.05) is 17.7 Å². The third-order valence-corrected chi connectivity index (χ3v) is 2.37. The van der Waals surface area contributed by atoms with Crippen LogP contribution in [0.15, 0.2) is 11.1 Å². The van der Waals surface area contributed by atoms with Gasteiger partial charge in [-0.05, 0) is 20.8 Å². The van der Waals surface area contributed by atoms with Crippen molar-refractivity contribution in [1.29, 1.82) is 0 Å². The Labute approximate surface area is 88.1 Å². The molecule has 0 saturated carbocycles. The number of carbonyl (C=O) groups is 3. The van der Waals surface area contributed by atoms with E-state index in [0.717, 1.165) is 4.90 Å². The number of carbonyl (C=O) groups excluding carboxylic acids is 3. The van der Waals surface area contributed by atoms with Crippen molar-refractivity contribution in [3.05, 3.63) is 11.1 Å². The Balaban J connectivity index is 2.72. The van der Waals surface area contributed by atoms with Crippen molar-refractivity contribution in [2.24, 2.45) is 0 Å². The van der Waals surface area contributed by atoms with Crippen molar-refractivity contribution < 1.29 is 14.4 Å². The van der Waals surface area contributed by atoms with Gasteiger partial charge in [0.15, 0.2) is 0 Å². The first kappa shape index (κ1) is 11.4. The molecule has 3 amide bonds. The second-order valence-corrected chi connectivity index (χ2v) is 3.40. The lowest BCUT2D eigenvalue weighted by molar-refractivity contribution is -0.141. The molecular formula is C10H14N2O3. The van der Waals surface area contributed by atoms with Gasteiger partial charge in [-0.2, -0.15) is 0 Å². The zero-order chi connectivity index (χ0) is 11.6. The van der Waals surface area contributed by atoms with Gasteiger partial charge in [-0.25, -0.2) is 0 Å². The summed E-state index contributed by atoms with van der Waals surface area (Å²) in [4.78, 5) is 35.3. The van der Waals surface area contributed by atoms with Gasteiger partial charge >= 0.3 is 0 Å². The first-order valence-electron chi connectivity index (χ1n) is 4.79. The maximum absolute atomic E-state index is 11.5. The van der Waals surface area contributed by atoms with Gasteiger partial charge in [-0.3, -0.25) is 19.3 Å². The summed E-state index contributed by atoms with van der Waals surface area (Å²) < 4.78 is 0.